The second kappa shape index (κ2) is 8.33. The quantitative estimate of drug-likeness (QED) is 0.805. The zero-order valence-electron chi connectivity index (χ0n) is 15.4. The first kappa shape index (κ1) is 19.9. The molecule has 2 rings (SSSR count). The van der Waals surface area contributed by atoms with Crippen LogP contribution < -0.4 is 10.1 Å². The molecule has 2 aromatic carbocycles. The first-order valence-corrected chi connectivity index (χ1v) is 9.74. The van der Waals surface area contributed by atoms with Crippen LogP contribution in [-0.4, -0.2) is 39.8 Å². The maximum atomic E-state index is 12.5. The highest BCUT2D eigenvalue weighted by atomic mass is 32.2. The van der Waals surface area contributed by atoms with Crippen molar-refractivity contribution in [1.29, 1.82) is 0 Å². The Morgan fingerprint density at radius 3 is 2.31 bits per heavy atom. The van der Waals surface area contributed by atoms with E-state index in [4.69, 9.17) is 4.74 Å². The lowest BCUT2D eigenvalue weighted by Gasteiger charge is -2.15. The highest BCUT2D eigenvalue weighted by Gasteiger charge is 2.23. The van der Waals surface area contributed by atoms with Gasteiger partial charge >= 0.3 is 0 Å². The molecule has 26 heavy (non-hydrogen) atoms. The Morgan fingerprint density at radius 2 is 1.77 bits per heavy atom. The third-order valence-electron chi connectivity index (χ3n) is 3.93. The molecule has 0 saturated heterocycles. The number of anilines is 1. The van der Waals surface area contributed by atoms with E-state index in [1.54, 1.807) is 0 Å². The van der Waals surface area contributed by atoms with E-state index in [-0.39, 0.29) is 22.1 Å². The van der Waals surface area contributed by atoms with Gasteiger partial charge in [-0.05, 0) is 42.3 Å². The van der Waals surface area contributed by atoms with Gasteiger partial charge < -0.3 is 10.1 Å². The van der Waals surface area contributed by atoms with Crippen LogP contribution in [0.3, 0.4) is 0 Å². The molecule has 0 saturated carbocycles. The monoisotopic (exact) mass is 376 g/mol. The number of benzene rings is 2. The number of methoxy groups -OCH3 is 1. The summed E-state index contributed by atoms with van der Waals surface area (Å²) in [5, 5.41) is 2.78. The number of rotatable bonds is 7. The Hall–Kier alpha value is -2.38. The van der Waals surface area contributed by atoms with Crippen molar-refractivity contribution in [1.82, 2.24) is 4.31 Å². The van der Waals surface area contributed by atoms with Crippen molar-refractivity contribution >= 4 is 21.6 Å². The topological polar surface area (TPSA) is 75.7 Å². The number of ether oxygens (including phenoxy) is 1. The van der Waals surface area contributed by atoms with Gasteiger partial charge in [0.25, 0.3) is 5.91 Å². The molecule has 0 spiro atoms. The van der Waals surface area contributed by atoms with Crippen molar-refractivity contribution in [3.63, 3.8) is 0 Å². The summed E-state index contributed by atoms with van der Waals surface area (Å²) in [6.45, 7) is 2.11. The van der Waals surface area contributed by atoms with Gasteiger partial charge in [0.15, 0.2) is 0 Å². The number of sulfonamides is 1. The smallest absolute Gasteiger partial charge is 0.255 e. The van der Waals surface area contributed by atoms with Gasteiger partial charge in [0.05, 0.1) is 7.11 Å². The van der Waals surface area contributed by atoms with Crippen molar-refractivity contribution in [2.75, 3.05) is 26.5 Å². The molecule has 0 heterocycles. The Labute approximate surface area is 154 Å². The predicted molar refractivity (Wildman–Crippen MR) is 102 cm³/mol. The van der Waals surface area contributed by atoms with Crippen LogP contribution in [0.4, 0.5) is 5.69 Å². The molecule has 1 N–H and O–H groups in total. The summed E-state index contributed by atoms with van der Waals surface area (Å²) in [7, 11) is 0.518. The largest absolute Gasteiger partial charge is 0.495 e. The summed E-state index contributed by atoms with van der Waals surface area (Å²) in [4.78, 5) is 12.5. The summed E-state index contributed by atoms with van der Waals surface area (Å²) >= 11 is 0. The van der Waals surface area contributed by atoms with E-state index in [2.05, 4.69) is 12.2 Å². The summed E-state index contributed by atoms with van der Waals surface area (Å²) in [5.41, 5.74) is 2.10. The molecular formula is C19H24N2O4S. The molecule has 0 radical (unpaired) electrons. The molecule has 7 heteroatoms. The molecular weight excluding hydrogens is 352 g/mol. The summed E-state index contributed by atoms with van der Waals surface area (Å²) in [6.07, 6.45) is 2.04. The second-order valence-corrected chi connectivity index (χ2v) is 8.17. The molecule has 0 aromatic heterocycles. The van der Waals surface area contributed by atoms with E-state index >= 15 is 0 Å². The predicted octanol–water partition coefficient (Wildman–Crippen LogP) is 3.15. The molecule has 0 aliphatic rings. The molecule has 0 bridgehead atoms. The first-order chi connectivity index (χ1) is 12.3. The zero-order valence-corrected chi connectivity index (χ0v) is 16.3. The molecule has 0 unspecified atom stereocenters. The van der Waals surface area contributed by atoms with Crippen LogP contribution in [0, 0.1) is 0 Å². The third-order valence-corrected chi connectivity index (χ3v) is 5.77. The third kappa shape index (κ3) is 4.42. The summed E-state index contributed by atoms with van der Waals surface area (Å²) in [6, 6.07) is 12.0. The minimum atomic E-state index is -3.73. The number of carbonyl (C=O) groups excluding carboxylic acids is 1. The van der Waals surface area contributed by atoms with Gasteiger partial charge in [-0.1, -0.05) is 25.5 Å². The van der Waals surface area contributed by atoms with Crippen LogP contribution in [0.15, 0.2) is 47.4 Å². The highest BCUT2D eigenvalue weighted by Crippen LogP contribution is 2.27. The van der Waals surface area contributed by atoms with Gasteiger partial charge in [-0.3, -0.25) is 4.79 Å². The Balaban J connectivity index is 2.29. The number of nitrogens with one attached hydrogen (secondary N) is 1. The SMILES string of the molecule is CCCc1ccc(NC(=O)c2ccc(OC)c(S(=O)(=O)N(C)C)c2)cc1. The van der Waals surface area contributed by atoms with E-state index in [0.29, 0.717) is 5.69 Å². The van der Waals surface area contributed by atoms with Gasteiger partial charge in [0.1, 0.15) is 10.6 Å². The highest BCUT2D eigenvalue weighted by molar-refractivity contribution is 7.89. The van der Waals surface area contributed by atoms with E-state index in [1.165, 1.54) is 45.0 Å². The number of amides is 1. The molecule has 6 nitrogen and oxygen atoms in total. The second-order valence-electron chi connectivity index (χ2n) is 6.05. The fourth-order valence-corrected chi connectivity index (χ4v) is 3.54. The molecule has 0 aliphatic carbocycles. The molecule has 2 aromatic rings. The van der Waals surface area contributed by atoms with Crippen molar-refractivity contribution in [3.8, 4) is 5.75 Å². The number of hydrogen-bond donors (Lipinski definition) is 1. The summed E-state index contributed by atoms with van der Waals surface area (Å²) < 4.78 is 31.1. The van der Waals surface area contributed by atoms with Gasteiger partial charge in [-0.25, -0.2) is 12.7 Å². The van der Waals surface area contributed by atoms with E-state index < -0.39 is 10.0 Å². The Bertz CT molecular complexity index is 875. The summed E-state index contributed by atoms with van der Waals surface area (Å²) in [5.74, 6) is -0.190. The van der Waals surface area contributed by atoms with E-state index in [1.807, 2.05) is 24.3 Å². The van der Waals surface area contributed by atoms with Gasteiger partial charge in [-0.2, -0.15) is 0 Å². The van der Waals surface area contributed by atoms with Crippen LogP contribution in [0.2, 0.25) is 0 Å². The molecule has 140 valence electrons. The number of carbonyl (C=O) groups is 1. The minimum absolute atomic E-state index is 0.0454. The molecule has 0 aliphatic heterocycles. The zero-order chi connectivity index (χ0) is 19.3. The van der Waals surface area contributed by atoms with E-state index in [9.17, 15) is 13.2 Å². The van der Waals surface area contributed by atoms with Crippen molar-refractivity contribution < 1.29 is 17.9 Å². The molecule has 0 fully saturated rings. The fraction of sp³-hybridized carbons (Fsp3) is 0.316. The number of hydrogen-bond acceptors (Lipinski definition) is 4. The standard InChI is InChI=1S/C19H24N2O4S/c1-5-6-14-7-10-16(11-8-14)20-19(22)15-9-12-17(25-4)18(13-15)26(23,24)21(2)3/h7-13H,5-6H2,1-4H3,(H,20,22). The maximum absolute atomic E-state index is 12.5. The lowest BCUT2D eigenvalue weighted by molar-refractivity contribution is 0.102. The fourth-order valence-electron chi connectivity index (χ4n) is 2.46. The maximum Gasteiger partial charge on any atom is 0.255 e. The molecule has 1 amide bonds. The Kier molecular flexibility index (Phi) is 6.39. The molecule has 0 atom stereocenters. The van der Waals surface area contributed by atoms with Crippen molar-refractivity contribution in [2.45, 2.75) is 24.7 Å². The lowest BCUT2D eigenvalue weighted by Crippen LogP contribution is -2.23. The van der Waals surface area contributed by atoms with Crippen LogP contribution in [0.1, 0.15) is 29.3 Å². The first-order valence-electron chi connectivity index (χ1n) is 8.30. The van der Waals surface area contributed by atoms with Gasteiger partial charge in [0, 0.05) is 25.3 Å². The van der Waals surface area contributed by atoms with Crippen LogP contribution >= 0.6 is 0 Å². The Morgan fingerprint density at radius 1 is 1.12 bits per heavy atom. The van der Waals surface area contributed by atoms with Crippen LogP contribution in [0.25, 0.3) is 0 Å². The van der Waals surface area contributed by atoms with Gasteiger partial charge in [0.2, 0.25) is 10.0 Å². The van der Waals surface area contributed by atoms with Crippen molar-refractivity contribution in [2.24, 2.45) is 0 Å². The average Bonchev–Trinajstić information content (AvgIpc) is 2.62. The van der Waals surface area contributed by atoms with Crippen molar-refractivity contribution in [3.05, 3.63) is 53.6 Å². The van der Waals surface area contributed by atoms with Crippen LogP contribution in [0.5, 0.6) is 5.75 Å². The van der Waals surface area contributed by atoms with Gasteiger partial charge in [-0.15, -0.1) is 0 Å². The van der Waals surface area contributed by atoms with E-state index in [0.717, 1.165) is 17.1 Å². The lowest BCUT2D eigenvalue weighted by atomic mass is 10.1. The average molecular weight is 376 g/mol. The van der Waals surface area contributed by atoms with Crippen LogP contribution in [-0.2, 0) is 16.4 Å². The number of nitrogens with zero attached hydrogens (tertiary/aromatic N) is 1. The number of aryl methyl sites for hydroxylation is 1. The minimum Gasteiger partial charge on any atom is -0.495 e. The normalized spacial score (nSPS) is 11.4.